The normalized spacial score (nSPS) is 11.5. The van der Waals surface area contributed by atoms with E-state index in [0.717, 1.165) is 44.2 Å². The van der Waals surface area contributed by atoms with E-state index in [1.165, 1.54) is 0 Å². The van der Waals surface area contributed by atoms with E-state index in [1.807, 2.05) is 49.8 Å². The lowest BCUT2D eigenvalue weighted by Crippen LogP contribution is -2.28. The van der Waals surface area contributed by atoms with E-state index in [0.29, 0.717) is 0 Å². The molecule has 4 nitrogen and oxygen atoms in total. The van der Waals surface area contributed by atoms with Crippen molar-refractivity contribution in [3.05, 3.63) is 67.0 Å². The number of nitrogens with one attached hydrogen (secondary N) is 1. The van der Waals surface area contributed by atoms with Crippen LogP contribution in [0.25, 0.3) is 44.2 Å². The molecule has 0 radical (unpaired) electrons. The molecule has 0 aliphatic rings. The number of hydrogen-bond donors (Lipinski definition) is 1. The van der Waals surface area contributed by atoms with Crippen LogP contribution in [0.15, 0.2) is 67.0 Å². The molecule has 3 aromatic heterocycles. The molecule has 0 saturated carbocycles. The minimum atomic E-state index is 0.884. The molecule has 0 spiro atoms. The van der Waals surface area contributed by atoms with Crippen LogP contribution in [0.3, 0.4) is 0 Å². The zero-order valence-electron chi connectivity index (χ0n) is 13.2. The maximum absolute atomic E-state index is 4.91. The predicted octanol–water partition coefficient (Wildman–Crippen LogP) is 3.76. The summed E-state index contributed by atoms with van der Waals surface area (Å²) in [4.78, 5) is 13.0. The Morgan fingerprint density at radius 2 is 1.71 bits per heavy atom. The first-order valence-electron chi connectivity index (χ1n) is 7.93. The summed E-state index contributed by atoms with van der Waals surface area (Å²) in [6.07, 6.45) is 3.89. The van der Waals surface area contributed by atoms with Gasteiger partial charge in [0.05, 0.1) is 10.9 Å². The Morgan fingerprint density at radius 3 is 2.58 bits per heavy atom. The summed E-state index contributed by atoms with van der Waals surface area (Å²) in [5, 5.41) is 2.20. The van der Waals surface area contributed by atoms with E-state index >= 15 is 0 Å². The summed E-state index contributed by atoms with van der Waals surface area (Å²) in [6.45, 7) is 0. The van der Waals surface area contributed by atoms with Gasteiger partial charge in [0, 0.05) is 23.2 Å². The molecule has 24 heavy (non-hydrogen) atoms. The third-order valence-corrected chi connectivity index (χ3v) is 4.49. The average Bonchev–Trinajstić information content (AvgIpc) is 3.08. The van der Waals surface area contributed by atoms with Gasteiger partial charge in [-0.1, -0.05) is 30.3 Å². The van der Waals surface area contributed by atoms with Crippen molar-refractivity contribution in [1.29, 1.82) is 0 Å². The Balaban J connectivity index is 2.01. The number of imidazole rings is 1. The number of aromatic amines is 1. The van der Waals surface area contributed by atoms with Gasteiger partial charge >= 0.3 is 0 Å². The molecule has 0 aliphatic carbocycles. The predicted molar refractivity (Wildman–Crippen MR) is 95.5 cm³/mol. The number of H-pyrrole nitrogens is 1. The van der Waals surface area contributed by atoms with Crippen LogP contribution in [-0.2, 0) is 7.05 Å². The first-order valence-corrected chi connectivity index (χ1v) is 7.93. The van der Waals surface area contributed by atoms with Gasteiger partial charge in [0.15, 0.2) is 6.20 Å². The van der Waals surface area contributed by atoms with Crippen LogP contribution in [0.2, 0.25) is 0 Å². The Hall–Kier alpha value is -3.27. The van der Waals surface area contributed by atoms with Crippen LogP contribution in [0.5, 0.6) is 0 Å². The molecule has 0 bridgehead atoms. The summed E-state index contributed by atoms with van der Waals surface area (Å²) in [6, 6.07) is 18.4. The number of pyridine rings is 2. The zero-order chi connectivity index (χ0) is 16.1. The molecule has 0 amide bonds. The fourth-order valence-corrected chi connectivity index (χ4v) is 3.39. The first-order chi connectivity index (χ1) is 11.8. The van der Waals surface area contributed by atoms with Crippen LogP contribution >= 0.6 is 0 Å². The molecule has 0 fully saturated rings. The van der Waals surface area contributed by atoms with E-state index in [1.54, 1.807) is 0 Å². The van der Waals surface area contributed by atoms with Crippen LogP contribution in [0.1, 0.15) is 0 Å². The molecule has 0 atom stereocenters. The Bertz CT molecular complexity index is 1210. The van der Waals surface area contributed by atoms with Crippen molar-refractivity contribution in [3.63, 3.8) is 0 Å². The van der Waals surface area contributed by atoms with Gasteiger partial charge in [-0.3, -0.25) is 0 Å². The highest BCUT2D eigenvalue weighted by Gasteiger charge is 2.19. The Labute approximate surface area is 138 Å². The van der Waals surface area contributed by atoms with Gasteiger partial charge in [-0.25, -0.2) is 9.97 Å². The SMILES string of the molecule is C[n+]1cccc2c3nc(-c4ccccc4)[nH]c3c3cccnc3c21. The fourth-order valence-electron chi connectivity index (χ4n) is 3.39. The number of aryl methyl sites for hydroxylation is 1. The average molecular weight is 311 g/mol. The quantitative estimate of drug-likeness (QED) is 0.378. The van der Waals surface area contributed by atoms with Crippen molar-refractivity contribution in [1.82, 2.24) is 15.0 Å². The van der Waals surface area contributed by atoms with Gasteiger partial charge in [-0.05, 0) is 18.2 Å². The number of fused-ring (bicyclic) bond motifs is 6. The summed E-state index contributed by atoms with van der Waals surface area (Å²) >= 11 is 0. The van der Waals surface area contributed by atoms with Crippen molar-refractivity contribution in [2.75, 3.05) is 0 Å². The van der Waals surface area contributed by atoms with Crippen molar-refractivity contribution in [2.24, 2.45) is 7.05 Å². The second kappa shape index (κ2) is 4.86. The Kier molecular flexibility index (Phi) is 2.67. The molecule has 0 aliphatic heterocycles. The summed E-state index contributed by atoms with van der Waals surface area (Å²) in [7, 11) is 2.05. The monoisotopic (exact) mass is 311 g/mol. The van der Waals surface area contributed by atoms with Crippen molar-refractivity contribution >= 4 is 32.8 Å². The molecule has 0 saturated heterocycles. The second-order valence-electron chi connectivity index (χ2n) is 5.96. The molecule has 5 aromatic rings. The van der Waals surface area contributed by atoms with Crippen LogP contribution in [0.4, 0.5) is 0 Å². The lowest BCUT2D eigenvalue weighted by Gasteiger charge is -2.02. The minimum absolute atomic E-state index is 0.884. The highest BCUT2D eigenvalue weighted by atomic mass is 15.0. The van der Waals surface area contributed by atoms with E-state index in [9.17, 15) is 0 Å². The third kappa shape index (κ3) is 1.77. The summed E-state index contributed by atoms with van der Waals surface area (Å²) < 4.78 is 2.11. The van der Waals surface area contributed by atoms with Crippen LogP contribution in [0, 0.1) is 0 Å². The first kappa shape index (κ1) is 13.2. The maximum atomic E-state index is 4.91. The molecule has 2 aromatic carbocycles. The molecule has 114 valence electrons. The lowest BCUT2D eigenvalue weighted by molar-refractivity contribution is -0.644. The summed E-state index contributed by atoms with van der Waals surface area (Å²) in [5.41, 5.74) is 5.20. The number of hydrogen-bond acceptors (Lipinski definition) is 2. The molecular weight excluding hydrogens is 296 g/mol. The maximum Gasteiger partial charge on any atom is 0.241 e. The Morgan fingerprint density at radius 1 is 0.875 bits per heavy atom. The van der Waals surface area contributed by atoms with E-state index in [-0.39, 0.29) is 0 Å². The van der Waals surface area contributed by atoms with Gasteiger partial charge in [-0.2, -0.15) is 4.57 Å². The largest absolute Gasteiger partial charge is 0.337 e. The van der Waals surface area contributed by atoms with Gasteiger partial charge < -0.3 is 4.98 Å². The molecule has 3 heterocycles. The van der Waals surface area contributed by atoms with E-state index in [2.05, 4.69) is 38.8 Å². The van der Waals surface area contributed by atoms with Gasteiger partial charge in [0.2, 0.25) is 5.52 Å². The standard InChI is InChI=1S/C20H14N4/c1-24-12-6-10-15-17-16(14-9-5-11-21-18(14)19(15)24)22-20(23-17)13-7-3-2-4-8-13/h2-12H,1H3/p+1. The van der Waals surface area contributed by atoms with Gasteiger partial charge in [0.1, 0.15) is 23.9 Å². The third-order valence-electron chi connectivity index (χ3n) is 4.49. The topological polar surface area (TPSA) is 45.5 Å². The molecular formula is C20H15N4+. The smallest absolute Gasteiger partial charge is 0.241 e. The van der Waals surface area contributed by atoms with E-state index in [4.69, 9.17) is 4.98 Å². The number of aromatic nitrogens is 4. The molecule has 5 rings (SSSR count). The second-order valence-corrected chi connectivity index (χ2v) is 5.96. The molecule has 4 heteroatoms. The number of benzene rings is 2. The molecule has 1 N–H and O–H groups in total. The highest BCUT2D eigenvalue weighted by Crippen LogP contribution is 2.32. The highest BCUT2D eigenvalue weighted by molar-refractivity contribution is 6.20. The van der Waals surface area contributed by atoms with Gasteiger partial charge in [0.25, 0.3) is 0 Å². The van der Waals surface area contributed by atoms with Crippen molar-refractivity contribution < 1.29 is 4.57 Å². The van der Waals surface area contributed by atoms with Crippen LogP contribution < -0.4 is 4.57 Å². The van der Waals surface area contributed by atoms with E-state index < -0.39 is 0 Å². The van der Waals surface area contributed by atoms with Crippen molar-refractivity contribution in [2.45, 2.75) is 0 Å². The molecule has 0 unspecified atom stereocenters. The number of nitrogens with zero attached hydrogens (tertiary/aromatic N) is 3. The van der Waals surface area contributed by atoms with Crippen LogP contribution in [-0.4, -0.2) is 15.0 Å². The lowest BCUT2D eigenvalue weighted by atomic mass is 10.1. The number of rotatable bonds is 1. The minimum Gasteiger partial charge on any atom is -0.337 e. The zero-order valence-corrected chi connectivity index (χ0v) is 13.2. The van der Waals surface area contributed by atoms with Crippen molar-refractivity contribution in [3.8, 4) is 11.4 Å². The fraction of sp³-hybridized carbons (Fsp3) is 0.0500. The summed E-state index contributed by atoms with van der Waals surface area (Å²) in [5.74, 6) is 0.884. The van der Waals surface area contributed by atoms with Gasteiger partial charge in [-0.15, -0.1) is 0 Å².